The molecule has 34 heavy (non-hydrogen) atoms. The highest BCUT2D eigenvalue weighted by Crippen LogP contribution is 2.58. The van der Waals surface area contributed by atoms with Gasteiger partial charge in [0.25, 0.3) is 0 Å². The lowest BCUT2D eigenvalue weighted by atomic mass is 9.50. The Balaban J connectivity index is 1.07. The van der Waals surface area contributed by atoms with Crippen molar-refractivity contribution < 1.29 is 4.79 Å². The van der Waals surface area contributed by atoms with Crippen LogP contribution >= 0.6 is 0 Å². The summed E-state index contributed by atoms with van der Waals surface area (Å²) in [5, 5.41) is 3.66. The maximum Gasteiger partial charge on any atom is 0.234 e. The molecule has 2 unspecified atom stereocenters. The van der Waals surface area contributed by atoms with Crippen LogP contribution < -0.4 is 5.32 Å². The molecule has 2 aromatic rings. The molecule has 2 heterocycles. The minimum atomic E-state index is 0.0133. The average molecular weight is 458 g/mol. The number of benzene rings is 1. The molecule has 3 bridgehead atoms. The minimum absolute atomic E-state index is 0.0133. The van der Waals surface area contributed by atoms with Gasteiger partial charge in [0.2, 0.25) is 5.91 Å². The third-order valence-electron chi connectivity index (χ3n) is 9.54. The van der Waals surface area contributed by atoms with E-state index < -0.39 is 0 Å². The van der Waals surface area contributed by atoms with Crippen LogP contribution in [0.15, 0.2) is 54.7 Å². The number of carbonyl (C=O) groups excluding carboxylic acids is 1. The van der Waals surface area contributed by atoms with Crippen LogP contribution in [0.1, 0.15) is 68.5 Å². The Morgan fingerprint density at radius 3 is 2.59 bits per heavy atom. The van der Waals surface area contributed by atoms with Crippen LogP contribution in [0.5, 0.6) is 0 Å². The van der Waals surface area contributed by atoms with E-state index in [0.717, 1.165) is 56.5 Å². The number of rotatable bonds is 6. The lowest BCUT2D eigenvalue weighted by Crippen LogP contribution is -2.61. The zero-order chi connectivity index (χ0) is 23.0. The van der Waals surface area contributed by atoms with Crippen molar-refractivity contribution in [2.45, 2.75) is 69.2 Å². The Morgan fingerprint density at radius 1 is 0.971 bits per heavy atom. The van der Waals surface area contributed by atoms with Crippen molar-refractivity contribution in [3.63, 3.8) is 0 Å². The number of piperidine rings is 1. The molecule has 0 spiro atoms. The van der Waals surface area contributed by atoms with E-state index in [2.05, 4.69) is 57.7 Å². The van der Waals surface area contributed by atoms with Gasteiger partial charge in [0.15, 0.2) is 0 Å². The van der Waals surface area contributed by atoms with Crippen molar-refractivity contribution in [2.75, 3.05) is 19.6 Å². The van der Waals surface area contributed by atoms with Gasteiger partial charge in [0.05, 0.1) is 6.54 Å². The molecule has 180 valence electrons. The fourth-order valence-corrected chi connectivity index (χ4v) is 8.13. The van der Waals surface area contributed by atoms with E-state index in [0.29, 0.717) is 18.4 Å². The Morgan fingerprint density at radius 2 is 1.79 bits per heavy atom. The van der Waals surface area contributed by atoms with Crippen molar-refractivity contribution >= 4 is 5.91 Å². The maximum atomic E-state index is 13.3. The summed E-state index contributed by atoms with van der Waals surface area (Å²) in [6.45, 7) is 2.61. The quantitative estimate of drug-likeness (QED) is 0.648. The van der Waals surface area contributed by atoms with Crippen LogP contribution in [0.3, 0.4) is 0 Å². The number of carbonyl (C=O) groups is 1. The Kier molecular flexibility index (Phi) is 6.19. The highest BCUT2D eigenvalue weighted by molar-refractivity contribution is 5.79. The Bertz CT molecular complexity index is 967. The molecule has 3 aliphatic carbocycles. The van der Waals surface area contributed by atoms with Crippen molar-refractivity contribution in [3.05, 3.63) is 66.0 Å². The second-order valence-electron chi connectivity index (χ2n) is 11.8. The highest BCUT2D eigenvalue weighted by atomic mass is 16.2. The van der Waals surface area contributed by atoms with E-state index in [1.807, 2.05) is 12.3 Å². The van der Waals surface area contributed by atoms with Crippen molar-refractivity contribution in [1.29, 1.82) is 0 Å². The van der Waals surface area contributed by atoms with E-state index in [-0.39, 0.29) is 11.4 Å². The van der Waals surface area contributed by atoms with Crippen molar-refractivity contribution in [3.8, 4) is 0 Å². The highest BCUT2D eigenvalue weighted by Gasteiger charge is 2.53. The largest absolute Gasteiger partial charge is 0.350 e. The average Bonchev–Trinajstić information content (AvgIpc) is 2.85. The second-order valence-corrected chi connectivity index (χ2v) is 11.8. The topological polar surface area (TPSA) is 45.2 Å². The number of hydrogen-bond donors (Lipinski definition) is 1. The van der Waals surface area contributed by atoms with Gasteiger partial charge in [-0.05, 0) is 112 Å². The number of nitrogens with zero attached hydrogens (tertiary/aromatic N) is 2. The van der Waals surface area contributed by atoms with Crippen LogP contribution in [0.4, 0.5) is 0 Å². The van der Waals surface area contributed by atoms with Gasteiger partial charge < -0.3 is 5.32 Å². The number of pyridine rings is 1. The zero-order valence-corrected chi connectivity index (χ0v) is 20.4. The number of fused-ring (bicyclic) bond motifs is 2. The van der Waals surface area contributed by atoms with Gasteiger partial charge in [-0.25, -0.2) is 0 Å². The summed E-state index contributed by atoms with van der Waals surface area (Å²) >= 11 is 0. The molecule has 1 aromatic heterocycles. The molecular formula is C30H39N3O. The molecule has 1 amide bonds. The van der Waals surface area contributed by atoms with Gasteiger partial charge in [0, 0.05) is 17.4 Å². The molecule has 4 aliphatic rings. The van der Waals surface area contributed by atoms with Gasteiger partial charge in [0.1, 0.15) is 0 Å². The third kappa shape index (κ3) is 4.66. The normalized spacial score (nSPS) is 33.5. The van der Waals surface area contributed by atoms with Crippen LogP contribution in [-0.2, 0) is 11.2 Å². The minimum Gasteiger partial charge on any atom is -0.350 e. The molecule has 1 N–H and O–H groups in total. The summed E-state index contributed by atoms with van der Waals surface area (Å²) in [6, 6.07) is 17.3. The molecule has 1 aromatic carbocycles. The molecule has 5 atom stereocenters. The summed E-state index contributed by atoms with van der Waals surface area (Å²) < 4.78 is 0. The molecule has 4 heteroatoms. The number of likely N-dealkylation sites (tertiary alicyclic amines) is 1. The number of nitrogens with one attached hydrogen (secondary N) is 1. The first kappa shape index (κ1) is 22.3. The van der Waals surface area contributed by atoms with Gasteiger partial charge in [-0.2, -0.15) is 0 Å². The SMILES string of the molecule is O=C(CN1CCC(Cc2ccccn2)CC1)NC12C[C@@H]3CCC([C@@H](C3)C1)[C@@H](c1ccccc1)C2. The Labute approximate surface area is 204 Å². The zero-order valence-electron chi connectivity index (χ0n) is 20.4. The number of aromatic nitrogens is 1. The summed E-state index contributed by atoms with van der Waals surface area (Å²) in [7, 11) is 0. The molecule has 4 fully saturated rings. The predicted octanol–water partition coefficient (Wildman–Crippen LogP) is 5.20. The van der Waals surface area contributed by atoms with Gasteiger partial charge in [-0.3, -0.25) is 14.7 Å². The summed E-state index contributed by atoms with van der Waals surface area (Å²) in [6.07, 6.45) is 12.9. The fraction of sp³-hybridized carbons (Fsp3) is 0.600. The maximum absolute atomic E-state index is 13.3. The van der Waals surface area contributed by atoms with Gasteiger partial charge >= 0.3 is 0 Å². The number of amides is 1. The molecule has 6 rings (SSSR count). The van der Waals surface area contributed by atoms with Crippen molar-refractivity contribution in [2.24, 2.45) is 23.7 Å². The van der Waals surface area contributed by atoms with E-state index in [9.17, 15) is 4.79 Å². The predicted molar refractivity (Wildman–Crippen MR) is 135 cm³/mol. The van der Waals surface area contributed by atoms with E-state index in [1.54, 1.807) is 0 Å². The smallest absolute Gasteiger partial charge is 0.234 e. The molecular weight excluding hydrogens is 418 g/mol. The number of hydrogen-bond acceptors (Lipinski definition) is 3. The van der Waals surface area contributed by atoms with Gasteiger partial charge in [-0.1, -0.05) is 42.8 Å². The van der Waals surface area contributed by atoms with Crippen LogP contribution in [0.25, 0.3) is 0 Å². The molecule has 1 saturated heterocycles. The molecule has 0 radical (unpaired) electrons. The summed E-state index contributed by atoms with van der Waals surface area (Å²) in [5.41, 5.74) is 2.70. The molecule has 3 saturated carbocycles. The van der Waals surface area contributed by atoms with Crippen LogP contribution in [0.2, 0.25) is 0 Å². The third-order valence-corrected chi connectivity index (χ3v) is 9.54. The van der Waals surface area contributed by atoms with E-state index in [4.69, 9.17) is 0 Å². The standard InChI is InChI=1S/C30H39N3O/c34-29(21-33-14-11-22(12-15-33)17-26-8-4-5-13-31-26)32-30-18-23-9-10-27(25(16-23)19-30)28(20-30)24-6-2-1-3-7-24/h1-8,13,22-23,25,27-28H,9-12,14-21H2,(H,32,34)/t23-,25+,27?,28-,30?/m1/s1. The lowest BCUT2D eigenvalue weighted by molar-refractivity contribution is -0.127. The second kappa shape index (κ2) is 9.45. The molecule has 1 aliphatic heterocycles. The van der Waals surface area contributed by atoms with E-state index in [1.165, 1.54) is 43.4 Å². The lowest BCUT2D eigenvalue weighted by Gasteiger charge is -2.58. The first-order chi connectivity index (χ1) is 16.7. The van der Waals surface area contributed by atoms with Gasteiger partial charge in [-0.15, -0.1) is 0 Å². The van der Waals surface area contributed by atoms with Crippen LogP contribution in [0, 0.1) is 23.7 Å². The van der Waals surface area contributed by atoms with Crippen molar-refractivity contribution in [1.82, 2.24) is 15.2 Å². The first-order valence-corrected chi connectivity index (χ1v) is 13.6. The summed E-state index contributed by atoms with van der Waals surface area (Å²) in [5.74, 6) is 3.95. The first-order valence-electron chi connectivity index (χ1n) is 13.6. The monoisotopic (exact) mass is 457 g/mol. The summed E-state index contributed by atoms with van der Waals surface area (Å²) in [4.78, 5) is 20.2. The van der Waals surface area contributed by atoms with E-state index >= 15 is 0 Å². The van der Waals surface area contributed by atoms with Crippen LogP contribution in [-0.4, -0.2) is 41.0 Å². The fourth-order valence-electron chi connectivity index (χ4n) is 8.13. The molecule has 4 nitrogen and oxygen atoms in total. The Hall–Kier alpha value is -2.20.